The van der Waals surface area contributed by atoms with Crippen LogP contribution in [0.25, 0.3) is 6.08 Å². The van der Waals surface area contributed by atoms with E-state index in [1.165, 1.54) is 19.3 Å². The van der Waals surface area contributed by atoms with Gasteiger partial charge in [-0.05, 0) is 18.2 Å². The molecule has 0 radical (unpaired) electrons. The fourth-order valence-electron chi connectivity index (χ4n) is 1.77. The number of hydrogen-bond acceptors (Lipinski definition) is 5. The molecule has 1 aromatic rings. The molecular formula is C13H13ClN2O4. The van der Waals surface area contributed by atoms with E-state index >= 15 is 0 Å². The van der Waals surface area contributed by atoms with E-state index < -0.39 is 11.9 Å². The van der Waals surface area contributed by atoms with Crippen molar-refractivity contribution in [1.82, 2.24) is 0 Å². The molecule has 2 rings (SSSR count). The summed E-state index contributed by atoms with van der Waals surface area (Å²) in [5.74, 6) is -1.33. The van der Waals surface area contributed by atoms with Gasteiger partial charge in [-0.15, -0.1) is 12.4 Å². The lowest BCUT2D eigenvalue weighted by Gasteiger charge is -2.03. The van der Waals surface area contributed by atoms with Gasteiger partial charge < -0.3 is 15.6 Å². The van der Waals surface area contributed by atoms with Gasteiger partial charge in [-0.2, -0.15) is 0 Å². The third-order valence-electron chi connectivity index (χ3n) is 2.69. The van der Waals surface area contributed by atoms with Crippen molar-refractivity contribution in [1.29, 1.82) is 0 Å². The number of nitrogens with zero attached hydrogens (tertiary/aromatic N) is 1. The fraction of sp³-hybridized carbons (Fsp3) is 0.154. The normalized spacial score (nSPS) is 13.1. The van der Waals surface area contributed by atoms with Crippen molar-refractivity contribution in [2.45, 2.75) is 6.42 Å². The van der Waals surface area contributed by atoms with Gasteiger partial charge in [-0.25, -0.2) is 14.6 Å². The number of ether oxygens (including phenoxy) is 1. The van der Waals surface area contributed by atoms with Gasteiger partial charge in [0.2, 0.25) is 0 Å². The highest BCUT2D eigenvalue weighted by Gasteiger charge is 2.16. The van der Waals surface area contributed by atoms with Crippen LogP contribution in [0, 0.1) is 0 Å². The van der Waals surface area contributed by atoms with Crippen LogP contribution in [0.3, 0.4) is 0 Å². The van der Waals surface area contributed by atoms with E-state index in [-0.39, 0.29) is 30.2 Å². The van der Waals surface area contributed by atoms with Gasteiger partial charge in [0.1, 0.15) is 5.84 Å². The smallest absolute Gasteiger partial charge is 0.337 e. The summed E-state index contributed by atoms with van der Waals surface area (Å²) in [5.41, 5.74) is 7.22. The van der Waals surface area contributed by atoms with Crippen molar-refractivity contribution in [3.05, 3.63) is 34.9 Å². The van der Waals surface area contributed by atoms with E-state index in [1.54, 1.807) is 12.1 Å². The van der Waals surface area contributed by atoms with E-state index in [4.69, 9.17) is 10.8 Å². The Bertz CT molecular complexity index is 623. The number of carboxylic acid groups (broad SMARTS) is 1. The second kappa shape index (κ2) is 6.21. The number of aliphatic imine (C=N–C) groups is 1. The number of amidine groups is 1. The van der Waals surface area contributed by atoms with Crippen molar-refractivity contribution in [2.75, 3.05) is 7.11 Å². The molecule has 1 aromatic carbocycles. The largest absolute Gasteiger partial charge is 0.478 e. The Hall–Kier alpha value is -2.34. The number of fused-ring (bicyclic) bond motifs is 1. The van der Waals surface area contributed by atoms with Crippen LogP contribution in [0.4, 0.5) is 5.69 Å². The van der Waals surface area contributed by atoms with Crippen LogP contribution in [-0.2, 0) is 9.53 Å². The summed E-state index contributed by atoms with van der Waals surface area (Å²) in [6, 6.07) is 4.69. The van der Waals surface area contributed by atoms with Crippen LogP contribution in [0.1, 0.15) is 22.3 Å². The first-order valence-electron chi connectivity index (χ1n) is 5.50. The zero-order valence-electron chi connectivity index (χ0n) is 10.6. The molecule has 0 amide bonds. The van der Waals surface area contributed by atoms with Crippen LogP contribution in [0.15, 0.2) is 28.8 Å². The Labute approximate surface area is 121 Å². The first-order valence-corrected chi connectivity index (χ1v) is 5.50. The maximum Gasteiger partial charge on any atom is 0.337 e. The number of methoxy groups -OCH3 is 1. The van der Waals surface area contributed by atoms with Crippen LogP contribution in [0.2, 0.25) is 0 Å². The zero-order valence-corrected chi connectivity index (χ0v) is 11.4. The number of carbonyl (C=O) groups is 2. The highest BCUT2D eigenvalue weighted by molar-refractivity contribution is 6.03. The second-order valence-electron chi connectivity index (χ2n) is 4.02. The highest BCUT2D eigenvalue weighted by atomic mass is 35.5. The van der Waals surface area contributed by atoms with E-state index in [9.17, 15) is 9.59 Å². The summed E-state index contributed by atoms with van der Waals surface area (Å²) in [5, 5.41) is 9.03. The maximum atomic E-state index is 11.4. The van der Waals surface area contributed by atoms with Crippen LogP contribution in [-0.4, -0.2) is 30.0 Å². The van der Waals surface area contributed by atoms with Gasteiger partial charge in [0.15, 0.2) is 0 Å². The molecule has 20 heavy (non-hydrogen) atoms. The molecule has 0 bridgehead atoms. The van der Waals surface area contributed by atoms with Gasteiger partial charge in [0.05, 0.1) is 18.4 Å². The molecule has 1 aliphatic rings. The van der Waals surface area contributed by atoms with E-state index in [0.29, 0.717) is 16.8 Å². The van der Waals surface area contributed by atoms with E-state index in [0.717, 1.165) is 0 Å². The molecule has 0 aromatic heterocycles. The summed E-state index contributed by atoms with van der Waals surface area (Å²) in [4.78, 5) is 26.6. The zero-order chi connectivity index (χ0) is 14.0. The third-order valence-corrected chi connectivity index (χ3v) is 2.69. The second-order valence-corrected chi connectivity index (χ2v) is 4.02. The Morgan fingerprint density at radius 2 is 2.10 bits per heavy atom. The van der Waals surface area contributed by atoms with Crippen LogP contribution < -0.4 is 5.73 Å². The number of esters is 1. The Morgan fingerprint density at radius 1 is 1.40 bits per heavy atom. The highest BCUT2D eigenvalue weighted by Crippen LogP contribution is 2.27. The molecule has 7 heteroatoms. The molecule has 1 aliphatic heterocycles. The minimum absolute atomic E-state index is 0. The molecular weight excluding hydrogens is 284 g/mol. The molecule has 0 saturated carbocycles. The number of nitrogens with two attached hydrogens (primary N) is 1. The SMILES string of the molecule is COC(=O)c1ccc2c(c1)N=C(N)CC(C(=O)O)=C2.Cl. The van der Waals surface area contributed by atoms with E-state index in [2.05, 4.69) is 9.73 Å². The number of hydrogen-bond donors (Lipinski definition) is 2. The van der Waals surface area contributed by atoms with Gasteiger partial charge >= 0.3 is 11.9 Å². The average Bonchev–Trinajstić information content (AvgIpc) is 2.54. The average molecular weight is 297 g/mol. The minimum atomic E-state index is -1.04. The van der Waals surface area contributed by atoms with Crippen molar-refractivity contribution >= 4 is 41.9 Å². The van der Waals surface area contributed by atoms with Crippen molar-refractivity contribution < 1.29 is 19.4 Å². The first kappa shape index (κ1) is 15.7. The molecule has 0 unspecified atom stereocenters. The molecule has 0 fully saturated rings. The lowest BCUT2D eigenvalue weighted by Crippen LogP contribution is -2.14. The monoisotopic (exact) mass is 296 g/mol. The Balaban J connectivity index is 0.00000200. The topological polar surface area (TPSA) is 102 Å². The number of carboxylic acids is 1. The Morgan fingerprint density at radius 3 is 2.70 bits per heavy atom. The predicted octanol–water partition coefficient (Wildman–Crippen LogP) is 1.76. The molecule has 3 N–H and O–H groups in total. The quantitative estimate of drug-likeness (QED) is 0.810. The lowest BCUT2D eigenvalue weighted by molar-refractivity contribution is -0.132. The number of benzene rings is 1. The summed E-state index contributed by atoms with van der Waals surface area (Å²) in [6.45, 7) is 0. The Kier molecular flexibility index (Phi) is 4.88. The van der Waals surface area contributed by atoms with Gasteiger partial charge in [-0.3, -0.25) is 0 Å². The van der Waals surface area contributed by atoms with Crippen molar-refractivity contribution in [2.24, 2.45) is 10.7 Å². The molecule has 106 valence electrons. The molecule has 0 aliphatic carbocycles. The standard InChI is InChI=1S/C13H12N2O4.ClH/c1-19-13(18)8-3-2-7-4-9(12(16)17)6-11(14)15-10(7)5-8;/h2-5H,6H2,1H3,(H2,14,15)(H,16,17);1H. The number of aliphatic carboxylic acids is 1. The van der Waals surface area contributed by atoms with Crippen molar-refractivity contribution in [3.63, 3.8) is 0 Å². The molecule has 1 heterocycles. The van der Waals surface area contributed by atoms with Gasteiger partial charge in [-0.1, -0.05) is 6.07 Å². The number of rotatable bonds is 2. The number of halogens is 1. The summed E-state index contributed by atoms with van der Waals surface area (Å²) in [7, 11) is 1.29. The molecule has 0 atom stereocenters. The summed E-state index contributed by atoms with van der Waals surface area (Å²) >= 11 is 0. The minimum Gasteiger partial charge on any atom is -0.478 e. The van der Waals surface area contributed by atoms with Crippen LogP contribution in [0.5, 0.6) is 0 Å². The maximum absolute atomic E-state index is 11.4. The predicted molar refractivity (Wildman–Crippen MR) is 76.5 cm³/mol. The van der Waals surface area contributed by atoms with Crippen LogP contribution >= 0.6 is 12.4 Å². The lowest BCUT2D eigenvalue weighted by atomic mass is 10.1. The number of carbonyl (C=O) groups excluding carboxylic acids is 1. The molecule has 6 nitrogen and oxygen atoms in total. The summed E-state index contributed by atoms with van der Waals surface area (Å²) in [6.07, 6.45) is 1.57. The first-order chi connectivity index (χ1) is 9.01. The molecule has 0 saturated heterocycles. The van der Waals surface area contributed by atoms with Crippen molar-refractivity contribution in [3.8, 4) is 0 Å². The summed E-state index contributed by atoms with van der Waals surface area (Å²) < 4.78 is 4.62. The molecule has 0 spiro atoms. The fourth-order valence-corrected chi connectivity index (χ4v) is 1.77. The van der Waals surface area contributed by atoms with Gasteiger partial charge in [0, 0.05) is 17.6 Å². The third kappa shape index (κ3) is 3.16. The van der Waals surface area contributed by atoms with E-state index in [1.807, 2.05) is 0 Å². The van der Waals surface area contributed by atoms with Gasteiger partial charge in [0.25, 0.3) is 0 Å².